The lowest BCUT2D eigenvalue weighted by atomic mass is 10.1. The van der Waals surface area contributed by atoms with Crippen LogP contribution < -0.4 is 4.57 Å². The molecule has 0 aliphatic carbocycles. The minimum atomic E-state index is -6.09. The zero-order chi connectivity index (χ0) is 20.1. The minimum absolute atomic E-state index is 1.19. The highest BCUT2D eigenvalue weighted by molar-refractivity contribution is 7.86. The van der Waals surface area contributed by atoms with E-state index in [1.807, 2.05) is 0 Å². The zero-order valence-electron chi connectivity index (χ0n) is 15.6. The van der Waals surface area contributed by atoms with Gasteiger partial charge in [-0.2, -0.15) is 13.2 Å². The van der Waals surface area contributed by atoms with Crippen LogP contribution in [0.5, 0.6) is 0 Å². The third-order valence-electron chi connectivity index (χ3n) is 3.79. The molecule has 0 aromatic carbocycles. The van der Waals surface area contributed by atoms with Crippen LogP contribution in [0.1, 0.15) is 70.8 Å². The van der Waals surface area contributed by atoms with Gasteiger partial charge < -0.3 is 4.55 Å². The van der Waals surface area contributed by atoms with Gasteiger partial charge in [0, 0.05) is 18.1 Å². The summed E-state index contributed by atoms with van der Waals surface area (Å²) < 4.78 is 61.3. The molecular weight excluding hydrogens is 367 g/mol. The summed E-state index contributed by atoms with van der Waals surface area (Å²) in [6, 6.07) is 4.45. The van der Waals surface area contributed by atoms with Crippen molar-refractivity contribution in [2.24, 2.45) is 0 Å². The molecule has 152 valence electrons. The molecule has 0 fully saturated rings. The molecule has 0 radical (unpaired) electrons. The summed E-state index contributed by atoms with van der Waals surface area (Å²) in [5.74, 6) is 0. The molecule has 0 saturated carbocycles. The van der Waals surface area contributed by atoms with Crippen LogP contribution in [0.25, 0.3) is 0 Å². The van der Waals surface area contributed by atoms with E-state index in [1.54, 1.807) is 0 Å². The Morgan fingerprint density at radius 1 is 1.00 bits per heavy atom. The van der Waals surface area contributed by atoms with Crippen LogP contribution in [0.15, 0.2) is 24.5 Å². The van der Waals surface area contributed by atoms with Crippen molar-refractivity contribution >= 4 is 10.1 Å². The standard InChI is InChI=1S/C17H30N.CHF3O3S/c1-3-5-7-8-9-10-14-18-15-11-13-17(16-18)12-6-4-2;2-1(3,4)8(5,6)7/h11,13,15-16H,3-10,12,14H2,1-2H3;(H,5,6,7)/q+1;/p-1. The number of halogens is 3. The number of rotatable bonds is 10. The van der Waals surface area contributed by atoms with E-state index in [2.05, 4.69) is 42.9 Å². The second-order valence-corrected chi connectivity index (χ2v) is 7.59. The Kier molecular flexibility index (Phi) is 12.5. The Hall–Kier alpha value is -1.15. The normalized spacial score (nSPS) is 11.8. The predicted molar refractivity (Wildman–Crippen MR) is 94.4 cm³/mol. The molecule has 1 rings (SSSR count). The van der Waals surface area contributed by atoms with E-state index in [0.29, 0.717) is 0 Å². The molecule has 0 N–H and O–H groups in total. The average Bonchev–Trinajstić information content (AvgIpc) is 2.55. The largest absolute Gasteiger partial charge is 0.741 e. The van der Waals surface area contributed by atoms with Gasteiger partial charge in [0.15, 0.2) is 22.5 Å². The molecule has 0 saturated heterocycles. The number of nitrogens with zero attached hydrogens (tertiary/aromatic N) is 1. The fourth-order valence-electron chi connectivity index (χ4n) is 2.32. The Bertz CT molecular complexity index is 590. The first-order valence-corrected chi connectivity index (χ1v) is 10.5. The number of hydrogen-bond donors (Lipinski definition) is 0. The fraction of sp³-hybridized carbons (Fsp3) is 0.722. The first-order valence-electron chi connectivity index (χ1n) is 9.12. The van der Waals surface area contributed by atoms with Crippen LogP contribution in [0.4, 0.5) is 13.2 Å². The first kappa shape index (κ1) is 24.8. The molecule has 26 heavy (non-hydrogen) atoms. The zero-order valence-corrected chi connectivity index (χ0v) is 16.4. The van der Waals surface area contributed by atoms with Gasteiger partial charge in [0.25, 0.3) is 0 Å². The van der Waals surface area contributed by atoms with Crippen LogP contribution >= 0.6 is 0 Å². The van der Waals surface area contributed by atoms with Crippen molar-refractivity contribution in [2.45, 2.75) is 83.7 Å². The van der Waals surface area contributed by atoms with E-state index in [1.165, 1.54) is 69.9 Å². The maximum absolute atomic E-state index is 10.7. The van der Waals surface area contributed by atoms with Gasteiger partial charge in [-0.15, -0.1) is 0 Å². The molecule has 0 unspecified atom stereocenters. The van der Waals surface area contributed by atoms with Crippen molar-refractivity contribution in [3.05, 3.63) is 30.1 Å². The molecule has 1 aromatic rings. The molecule has 1 aromatic heterocycles. The Balaban J connectivity index is 0.000000660. The molecule has 1 heterocycles. The molecule has 4 nitrogen and oxygen atoms in total. The van der Waals surface area contributed by atoms with Crippen molar-refractivity contribution in [1.29, 1.82) is 0 Å². The summed E-state index contributed by atoms with van der Waals surface area (Å²) in [4.78, 5) is 0. The van der Waals surface area contributed by atoms with E-state index in [-0.39, 0.29) is 0 Å². The maximum atomic E-state index is 10.7. The third-order valence-corrected chi connectivity index (χ3v) is 4.36. The van der Waals surface area contributed by atoms with Gasteiger partial charge in [0.1, 0.15) is 6.54 Å². The lowest BCUT2D eigenvalue weighted by Gasteiger charge is -2.08. The number of aromatic nitrogens is 1. The summed E-state index contributed by atoms with van der Waals surface area (Å²) in [6.45, 7) is 5.72. The van der Waals surface area contributed by atoms with Crippen molar-refractivity contribution in [2.75, 3.05) is 0 Å². The van der Waals surface area contributed by atoms with E-state index in [0.717, 1.165) is 0 Å². The van der Waals surface area contributed by atoms with E-state index in [4.69, 9.17) is 13.0 Å². The van der Waals surface area contributed by atoms with Crippen molar-refractivity contribution in [3.8, 4) is 0 Å². The summed E-state index contributed by atoms with van der Waals surface area (Å²) in [6.07, 6.45) is 16.6. The van der Waals surface area contributed by atoms with Gasteiger partial charge in [-0.25, -0.2) is 13.0 Å². The molecule has 0 aliphatic rings. The smallest absolute Gasteiger partial charge is 0.485 e. The van der Waals surface area contributed by atoms with Gasteiger partial charge in [-0.05, 0) is 25.3 Å². The molecule has 0 atom stereocenters. The second-order valence-electron chi connectivity index (χ2n) is 6.22. The van der Waals surface area contributed by atoms with Crippen LogP contribution in [0.2, 0.25) is 0 Å². The van der Waals surface area contributed by atoms with Crippen LogP contribution in [-0.4, -0.2) is 18.5 Å². The highest BCUT2D eigenvalue weighted by Crippen LogP contribution is 2.20. The van der Waals surface area contributed by atoms with Crippen LogP contribution in [0.3, 0.4) is 0 Å². The van der Waals surface area contributed by atoms with Crippen molar-refractivity contribution in [3.63, 3.8) is 0 Å². The number of aryl methyl sites for hydroxylation is 2. The molecule has 0 aliphatic heterocycles. The number of pyridine rings is 1. The summed E-state index contributed by atoms with van der Waals surface area (Å²) in [5, 5.41) is 0. The highest BCUT2D eigenvalue weighted by Gasteiger charge is 2.36. The third kappa shape index (κ3) is 12.2. The Morgan fingerprint density at radius 2 is 1.54 bits per heavy atom. The molecule has 8 heteroatoms. The minimum Gasteiger partial charge on any atom is -0.741 e. The van der Waals surface area contributed by atoms with Crippen molar-refractivity contribution < 1.29 is 30.7 Å². The fourth-order valence-corrected chi connectivity index (χ4v) is 2.32. The van der Waals surface area contributed by atoms with Gasteiger partial charge >= 0.3 is 5.51 Å². The highest BCUT2D eigenvalue weighted by atomic mass is 32.2. The Morgan fingerprint density at radius 3 is 2.08 bits per heavy atom. The maximum Gasteiger partial charge on any atom is 0.485 e. The summed E-state index contributed by atoms with van der Waals surface area (Å²) in [5.41, 5.74) is -4.15. The predicted octanol–water partition coefficient (Wildman–Crippen LogP) is 4.73. The number of alkyl halides is 3. The second kappa shape index (κ2) is 13.1. The monoisotopic (exact) mass is 397 g/mol. The number of unbranched alkanes of at least 4 members (excludes halogenated alkanes) is 6. The first-order chi connectivity index (χ1) is 12.1. The lowest BCUT2D eigenvalue weighted by molar-refractivity contribution is -0.697. The van der Waals surface area contributed by atoms with Crippen LogP contribution in [-0.2, 0) is 23.1 Å². The topological polar surface area (TPSA) is 61.1 Å². The lowest BCUT2D eigenvalue weighted by Crippen LogP contribution is -2.33. The quantitative estimate of drug-likeness (QED) is 0.248. The molecular formula is C18H30F3NO3S. The van der Waals surface area contributed by atoms with E-state index >= 15 is 0 Å². The molecule has 0 bridgehead atoms. The SMILES string of the molecule is CCCCCCCC[n+]1cccc(CCCC)c1.O=S(=O)([O-])C(F)(F)F. The van der Waals surface area contributed by atoms with Crippen LogP contribution in [0, 0.1) is 0 Å². The van der Waals surface area contributed by atoms with Gasteiger partial charge in [0.05, 0.1) is 0 Å². The van der Waals surface area contributed by atoms with Gasteiger partial charge in [-0.3, -0.25) is 0 Å². The summed E-state index contributed by atoms with van der Waals surface area (Å²) >= 11 is 0. The Labute approximate surface area is 155 Å². The van der Waals surface area contributed by atoms with Gasteiger partial charge in [0.2, 0.25) is 0 Å². The average molecular weight is 398 g/mol. The van der Waals surface area contributed by atoms with Gasteiger partial charge in [-0.1, -0.05) is 46.0 Å². The van der Waals surface area contributed by atoms with Crippen molar-refractivity contribution in [1.82, 2.24) is 0 Å². The molecule has 0 spiro atoms. The molecule has 0 amide bonds. The number of hydrogen-bond acceptors (Lipinski definition) is 3. The van der Waals surface area contributed by atoms with E-state index < -0.39 is 15.6 Å². The summed E-state index contributed by atoms with van der Waals surface area (Å²) in [7, 11) is -6.09. The van der Waals surface area contributed by atoms with E-state index in [9.17, 15) is 13.2 Å².